The number of benzene rings is 1. The third-order valence-electron chi connectivity index (χ3n) is 4.32. The highest BCUT2D eigenvalue weighted by Gasteiger charge is 2.19. The minimum Gasteiger partial charge on any atom is -0.378 e. The molecule has 0 bridgehead atoms. The van der Waals surface area contributed by atoms with E-state index in [4.69, 9.17) is 21.3 Å². The molecule has 2 aromatic heterocycles. The Kier molecular flexibility index (Phi) is 4.19. The van der Waals surface area contributed by atoms with Crippen molar-refractivity contribution >= 4 is 40.1 Å². The van der Waals surface area contributed by atoms with Gasteiger partial charge < -0.3 is 15.0 Å². The summed E-state index contributed by atoms with van der Waals surface area (Å²) in [7, 11) is 1.88. The molecule has 1 fully saturated rings. The van der Waals surface area contributed by atoms with Gasteiger partial charge in [-0.1, -0.05) is 11.6 Å². The SMILES string of the molecule is Cc1cc(Cl)ccc1Nc1nc(N2CCOCC2)c2cnn(C)c2n1. The van der Waals surface area contributed by atoms with E-state index < -0.39 is 0 Å². The van der Waals surface area contributed by atoms with Crippen molar-refractivity contribution in [1.82, 2.24) is 19.7 Å². The van der Waals surface area contributed by atoms with Crippen LogP contribution in [0.4, 0.5) is 17.5 Å². The monoisotopic (exact) mass is 358 g/mol. The second kappa shape index (κ2) is 6.50. The smallest absolute Gasteiger partial charge is 0.231 e. The first-order valence-electron chi connectivity index (χ1n) is 8.17. The number of morpholine rings is 1. The zero-order chi connectivity index (χ0) is 17.4. The molecular formula is C17H19ClN6O. The van der Waals surface area contributed by atoms with Gasteiger partial charge in [-0.3, -0.25) is 4.68 Å². The molecule has 7 nitrogen and oxygen atoms in total. The maximum absolute atomic E-state index is 6.04. The van der Waals surface area contributed by atoms with Crippen molar-refractivity contribution in [3.05, 3.63) is 35.0 Å². The summed E-state index contributed by atoms with van der Waals surface area (Å²) in [5, 5.41) is 9.30. The lowest BCUT2D eigenvalue weighted by molar-refractivity contribution is 0.122. The second-order valence-corrected chi connectivity index (χ2v) is 6.50. The number of rotatable bonds is 3. The predicted molar refractivity (Wildman–Crippen MR) is 98.8 cm³/mol. The molecule has 4 rings (SSSR count). The fourth-order valence-corrected chi connectivity index (χ4v) is 3.19. The predicted octanol–water partition coefficient (Wildman–Crippen LogP) is 2.91. The quantitative estimate of drug-likeness (QED) is 0.776. The third kappa shape index (κ3) is 3.12. The van der Waals surface area contributed by atoms with Gasteiger partial charge in [0.25, 0.3) is 0 Å². The molecule has 0 aliphatic carbocycles. The Labute approximate surface area is 150 Å². The van der Waals surface area contributed by atoms with Crippen molar-refractivity contribution in [3.8, 4) is 0 Å². The summed E-state index contributed by atoms with van der Waals surface area (Å²) in [5.41, 5.74) is 2.76. The lowest BCUT2D eigenvalue weighted by Gasteiger charge is -2.28. The molecule has 0 spiro atoms. The van der Waals surface area contributed by atoms with Crippen LogP contribution < -0.4 is 10.2 Å². The molecule has 8 heteroatoms. The molecule has 25 heavy (non-hydrogen) atoms. The van der Waals surface area contributed by atoms with Crippen molar-refractivity contribution in [3.63, 3.8) is 0 Å². The van der Waals surface area contributed by atoms with Gasteiger partial charge in [-0.25, -0.2) is 0 Å². The minimum atomic E-state index is 0.544. The first-order chi connectivity index (χ1) is 12.1. The van der Waals surface area contributed by atoms with Crippen LogP contribution in [0.2, 0.25) is 5.02 Å². The molecule has 1 saturated heterocycles. The maximum atomic E-state index is 6.04. The van der Waals surface area contributed by atoms with Crippen LogP contribution in [-0.2, 0) is 11.8 Å². The van der Waals surface area contributed by atoms with Crippen molar-refractivity contribution in [2.75, 3.05) is 36.5 Å². The summed E-state index contributed by atoms with van der Waals surface area (Å²) in [4.78, 5) is 11.6. The molecule has 1 aliphatic rings. The zero-order valence-corrected chi connectivity index (χ0v) is 14.9. The lowest BCUT2D eigenvalue weighted by Crippen LogP contribution is -2.37. The number of hydrogen-bond donors (Lipinski definition) is 1. The Morgan fingerprint density at radius 2 is 2.00 bits per heavy atom. The Hall–Kier alpha value is -2.38. The van der Waals surface area contributed by atoms with Gasteiger partial charge in [-0.05, 0) is 30.7 Å². The van der Waals surface area contributed by atoms with E-state index >= 15 is 0 Å². The molecule has 0 radical (unpaired) electrons. The zero-order valence-electron chi connectivity index (χ0n) is 14.2. The van der Waals surface area contributed by atoms with Crippen LogP contribution in [0.1, 0.15) is 5.56 Å². The minimum absolute atomic E-state index is 0.544. The summed E-state index contributed by atoms with van der Waals surface area (Å²) in [6.07, 6.45) is 1.82. The molecule has 0 unspecified atom stereocenters. The van der Waals surface area contributed by atoms with Gasteiger partial charge in [-0.2, -0.15) is 15.1 Å². The van der Waals surface area contributed by atoms with Gasteiger partial charge in [0.15, 0.2) is 5.65 Å². The van der Waals surface area contributed by atoms with Crippen LogP contribution in [0.15, 0.2) is 24.4 Å². The number of fused-ring (bicyclic) bond motifs is 1. The summed E-state index contributed by atoms with van der Waals surface area (Å²) in [5.74, 6) is 1.43. The van der Waals surface area contributed by atoms with E-state index in [1.807, 2.05) is 38.4 Å². The van der Waals surface area contributed by atoms with Gasteiger partial charge in [0.05, 0.1) is 24.8 Å². The fraction of sp³-hybridized carbons (Fsp3) is 0.353. The Bertz CT molecular complexity index is 919. The first-order valence-corrected chi connectivity index (χ1v) is 8.55. The molecule has 0 saturated carbocycles. The Balaban J connectivity index is 1.77. The Morgan fingerprint density at radius 1 is 1.20 bits per heavy atom. The number of ether oxygens (including phenoxy) is 1. The van der Waals surface area contributed by atoms with E-state index in [9.17, 15) is 0 Å². The number of nitrogens with one attached hydrogen (secondary N) is 1. The number of halogens is 1. The summed E-state index contributed by atoms with van der Waals surface area (Å²) in [6, 6.07) is 5.70. The first kappa shape index (κ1) is 16.1. The van der Waals surface area contributed by atoms with Crippen LogP contribution in [-0.4, -0.2) is 46.1 Å². The van der Waals surface area contributed by atoms with Gasteiger partial charge in [0.1, 0.15) is 5.82 Å². The molecule has 3 heterocycles. The molecule has 1 aromatic carbocycles. The number of hydrogen-bond acceptors (Lipinski definition) is 6. The van der Waals surface area contributed by atoms with Crippen molar-refractivity contribution in [2.45, 2.75) is 6.92 Å². The van der Waals surface area contributed by atoms with E-state index in [0.29, 0.717) is 24.2 Å². The average molecular weight is 359 g/mol. The van der Waals surface area contributed by atoms with Crippen molar-refractivity contribution in [1.29, 1.82) is 0 Å². The van der Waals surface area contributed by atoms with Crippen molar-refractivity contribution in [2.24, 2.45) is 7.05 Å². The largest absolute Gasteiger partial charge is 0.378 e. The number of aromatic nitrogens is 4. The van der Waals surface area contributed by atoms with E-state index in [1.165, 1.54) is 0 Å². The molecule has 0 atom stereocenters. The van der Waals surface area contributed by atoms with E-state index in [2.05, 4.69) is 20.3 Å². The Morgan fingerprint density at radius 3 is 2.76 bits per heavy atom. The standard InChI is InChI=1S/C17H19ClN6O/c1-11-9-12(18)3-4-14(11)20-17-21-15-13(10-19-23(15)2)16(22-17)24-5-7-25-8-6-24/h3-4,9-10H,5-8H2,1-2H3,(H,20,21,22). The molecular weight excluding hydrogens is 340 g/mol. The average Bonchev–Trinajstić information content (AvgIpc) is 2.99. The molecule has 0 amide bonds. The highest BCUT2D eigenvalue weighted by Crippen LogP contribution is 2.28. The van der Waals surface area contributed by atoms with Gasteiger partial charge in [0, 0.05) is 30.8 Å². The highest BCUT2D eigenvalue weighted by atomic mass is 35.5. The van der Waals surface area contributed by atoms with Crippen LogP contribution in [0.5, 0.6) is 0 Å². The maximum Gasteiger partial charge on any atom is 0.231 e. The molecule has 130 valence electrons. The van der Waals surface area contributed by atoms with Crippen LogP contribution >= 0.6 is 11.6 Å². The second-order valence-electron chi connectivity index (χ2n) is 6.06. The van der Waals surface area contributed by atoms with Gasteiger partial charge in [-0.15, -0.1) is 0 Å². The van der Waals surface area contributed by atoms with Crippen LogP contribution in [0.25, 0.3) is 11.0 Å². The molecule has 1 aliphatic heterocycles. The molecule has 1 N–H and O–H groups in total. The molecule has 3 aromatic rings. The normalized spacial score (nSPS) is 14.9. The van der Waals surface area contributed by atoms with Gasteiger partial charge in [0.2, 0.25) is 5.95 Å². The number of aryl methyl sites for hydroxylation is 2. The van der Waals surface area contributed by atoms with Crippen LogP contribution in [0.3, 0.4) is 0 Å². The van der Waals surface area contributed by atoms with E-state index in [0.717, 1.165) is 41.2 Å². The lowest BCUT2D eigenvalue weighted by atomic mass is 10.2. The number of anilines is 3. The van der Waals surface area contributed by atoms with E-state index in [-0.39, 0.29) is 0 Å². The third-order valence-corrected chi connectivity index (χ3v) is 4.55. The van der Waals surface area contributed by atoms with Gasteiger partial charge >= 0.3 is 0 Å². The summed E-state index contributed by atoms with van der Waals surface area (Å²) < 4.78 is 7.22. The topological polar surface area (TPSA) is 68.1 Å². The van der Waals surface area contributed by atoms with E-state index in [1.54, 1.807) is 4.68 Å². The fourth-order valence-electron chi connectivity index (χ4n) is 2.97. The number of nitrogens with zero attached hydrogens (tertiary/aromatic N) is 5. The summed E-state index contributed by atoms with van der Waals surface area (Å²) in [6.45, 7) is 5.01. The summed E-state index contributed by atoms with van der Waals surface area (Å²) >= 11 is 6.04. The van der Waals surface area contributed by atoms with Crippen LogP contribution in [0, 0.1) is 6.92 Å². The highest BCUT2D eigenvalue weighted by molar-refractivity contribution is 6.30. The van der Waals surface area contributed by atoms with Crippen molar-refractivity contribution < 1.29 is 4.74 Å².